The fraction of sp³-hybridized carbons (Fsp3) is 0.350. The second kappa shape index (κ2) is 8.25. The monoisotopic (exact) mass is 477 g/mol. The van der Waals surface area contributed by atoms with Gasteiger partial charge in [-0.15, -0.1) is 11.3 Å². The van der Waals surface area contributed by atoms with E-state index in [0.29, 0.717) is 24.6 Å². The Morgan fingerprint density at radius 3 is 2.72 bits per heavy atom. The molecule has 0 spiro atoms. The van der Waals surface area contributed by atoms with Crippen LogP contribution in [0.25, 0.3) is 0 Å². The van der Waals surface area contributed by atoms with Gasteiger partial charge in [0.05, 0.1) is 21.3 Å². The Hall–Kier alpha value is -2.23. The number of amides is 3. The lowest BCUT2D eigenvalue weighted by Crippen LogP contribution is -2.42. The number of morpholine rings is 1. The summed E-state index contributed by atoms with van der Waals surface area (Å²) in [7, 11) is 0. The van der Waals surface area contributed by atoms with Gasteiger partial charge in [0, 0.05) is 30.9 Å². The van der Waals surface area contributed by atoms with Crippen LogP contribution >= 0.6 is 27.3 Å². The van der Waals surface area contributed by atoms with Crippen LogP contribution in [0.2, 0.25) is 0 Å². The molecule has 0 unspecified atom stereocenters. The molecule has 2 aliphatic heterocycles. The third-order valence-electron chi connectivity index (χ3n) is 5.03. The van der Waals surface area contributed by atoms with Crippen molar-refractivity contribution in [2.24, 2.45) is 0 Å². The maximum Gasteiger partial charge on any atom is 0.261 e. The molecule has 2 saturated heterocycles. The van der Waals surface area contributed by atoms with Crippen LogP contribution < -0.4 is 15.1 Å². The number of halogens is 1. The van der Waals surface area contributed by atoms with Gasteiger partial charge in [0.1, 0.15) is 6.61 Å². The number of rotatable bonds is 4. The number of thiophene rings is 1. The molecule has 2 fully saturated rings. The van der Waals surface area contributed by atoms with Crippen LogP contribution in [0.4, 0.5) is 11.4 Å². The zero-order chi connectivity index (χ0) is 20.5. The molecule has 3 heterocycles. The highest BCUT2D eigenvalue weighted by molar-refractivity contribution is 9.11. The predicted octanol–water partition coefficient (Wildman–Crippen LogP) is 2.72. The van der Waals surface area contributed by atoms with E-state index in [1.165, 1.54) is 11.3 Å². The first-order valence-corrected chi connectivity index (χ1v) is 10.9. The Labute approximate surface area is 180 Å². The normalized spacial score (nSPS) is 19.7. The van der Waals surface area contributed by atoms with E-state index in [1.807, 2.05) is 31.2 Å². The number of benzene rings is 1. The third-order valence-corrected chi connectivity index (χ3v) is 6.65. The van der Waals surface area contributed by atoms with E-state index in [2.05, 4.69) is 21.2 Å². The molecule has 9 heteroatoms. The molecular formula is C20H20BrN3O4S. The fourth-order valence-electron chi connectivity index (χ4n) is 3.63. The van der Waals surface area contributed by atoms with Gasteiger partial charge < -0.3 is 19.9 Å². The number of hydrogen-bond acceptors (Lipinski definition) is 5. The molecule has 1 aromatic heterocycles. The standard InChI is InChI=1S/C20H20BrN3O4S/c1-12-8-14(2-3-15(12)23-6-7-28-11-19(23)26)24-10-13(9-18(24)25)22-20(27)16-4-5-17(21)29-16/h2-5,8,13H,6-7,9-11H2,1H3,(H,22,27)/t13-/m0/s1. The summed E-state index contributed by atoms with van der Waals surface area (Å²) >= 11 is 4.71. The topological polar surface area (TPSA) is 79.0 Å². The second-order valence-corrected chi connectivity index (χ2v) is 9.51. The average molecular weight is 478 g/mol. The van der Waals surface area contributed by atoms with Crippen molar-refractivity contribution in [1.82, 2.24) is 5.32 Å². The first kappa shape index (κ1) is 20.1. The minimum absolute atomic E-state index is 0.0303. The Morgan fingerprint density at radius 2 is 2.03 bits per heavy atom. The van der Waals surface area contributed by atoms with Crippen molar-refractivity contribution in [3.63, 3.8) is 0 Å². The Morgan fingerprint density at radius 1 is 1.21 bits per heavy atom. The Bertz CT molecular complexity index is 976. The molecule has 29 heavy (non-hydrogen) atoms. The molecular weight excluding hydrogens is 458 g/mol. The zero-order valence-corrected chi connectivity index (χ0v) is 18.2. The molecule has 4 rings (SSSR count). The van der Waals surface area contributed by atoms with Gasteiger partial charge in [0.2, 0.25) is 5.91 Å². The second-order valence-electron chi connectivity index (χ2n) is 7.05. The van der Waals surface area contributed by atoms with Crippen molar-refractivity contribution in [2.45, 2.75) is 19.4 Å². The number of carbonyl (C=O) groups is 3. The molecule has 152 valence electrons. The largest absolute Gasteiger partial charge is 0.370 e. The summed E-state index contributed by atoms with van der Waals surface area (Å²) in [5.41, 5.74) is 2.52. The van der Waals surface area contributed by atoms with E-state index in [-0.39, 0.29) is 36.8 Å². The predicted molar refractivity (Wildman–Crippen MR) is 115 cm³/mol. The summed E-state index contributed by atoms with van der Waals surface area (Å²) in [6, 6.07) is 8.98. The van der Waals surface area contributed by atoms with E-state index in [0.717, 1.165) is 20.7 Å². The lowest BCUT2D eigenvalue weighted by molar-refractivity contribution is -0.125. The molecule has 0 aliphatic carbocycles. The van der Waals surface area contributed by atoms with Crippen LogP contribution in [0.15, 0.2) is 34.1 Å². The SMILES string of the molecule is Cc1cc(N2C[C@@H](NC(=O)c3ccc(Br)s3)CC2=O)ccc1N1CCOCC1=O. The van der Waals surface area contributed by atoms with Crippen LogP contribution in [-0.4, -0.2) is 50.1 Å². The molecule has 0 saturated carbocycles. The summed E-state index contributed by atoms with van der Waals surface area (Å²) in [6.07, 6.45) is 0.265. The first-order chi connectivity index (χ1) is 13.9. The molecule has 3 amide bonds. The fourth-order valence-corrected chi connectivity index (χ4v) is 4.92. The van der Waals surface area contributed by atoms with E-state index < -0.39 is 0 Å². The minimum atomic E-state index is -0.239. The van der Waals surface area contributed by atoms with Gasteiger partial charge in [-0.3, -0.25) is 14.4 Å². The van der Waals surface area contributed by atoms with Crippen molar-refractivity contribution in [1.29, 1.82) is 0 Å². The Kier molecular flexibility index (Phi) is 5.71. The summed E-state index contributed by atoms with van der Waals surface area (Å²) in [5, 5.41) is 2.94. The molecule has 1 N–H and O–H groups in total. The minimum Gasteiger partial charge on any atom is -0.370 e. The molecule has 7 nitrogen and oxygen atoms in total. The van der Waals surface area contributed by atoms with Gasteiger partial charge >= 0.3 is 0 Å². The number of anilines is 2. The maximum atomic E-state index is 12.5. The van der Waals surface area contributed by atoms with Crippen molar-refractivity contribution in [2.75, 3.05) is 36.1 Å². The molecule has 0 bridgehead atoms. The maximum absolute atomic E-state index is 12.5. The van der Waals surface area contributed by atoms with Gasteiger partial charge in [0.15, 0.2) is 0 Å². The van der Waals surface area contributed by atoms with Gasteiger partial charge in [-0.05, 0) is 58.7 Å². The quantitative estimate of drug-likeness (QED) is 0.733. The summed E-state index contributed by atoms with van der Waals surface area (Å²) in [6.45, 7) is 3.48. The lowest BCUT2D eigenvalue weighted by Gasteiger charge is -2.29. The number of ether oxygens (including phenoxy) is 1. The summed E-state index contributed by atoms with van der Waals surface area (Å²) < 4.78 is 6.08. The Balaban J connectivity index is 1.46. The van der Waals surface area contributed by atoms with Crippen LogP contribution in [0.3, 0.4) is 0 Å². The van der Waals surface area contributed by atoms with Crippen LogP contribution in [0, 0.1) is 6.92 Å². The lowest BCUT2D eigenvalue weighted by atomic mass is 10.1. The van der Waals surface area contributed by atoms with Gasteiger partial charge in [-0.2, -0.15) is 0 Å². The molecule has 1 aromatic carbocycles. The van der Waals surface area contributed by atoms with Crippen LogP contribution in [-0.2, 0) is 14.3 Å². The number of carbonyl (C=O) groups excluding carboxylic acids is 3. The van der Waals surface area contributed by atoms with E-state index in [4.69, 9.17) is 4.74 Å². The molecule has 2 aliphatic rings. The molecule has 1 atom stereocenters. The number of nitrogens with one attached hydrogen (secondary N) is 1. The molecule has 2 aromatic rings. The van der Waals surface area contributed by atoms with E-state index in [1.54, 1.807) is 15.9 Å². The number of hydrogen-bond donors (Lipinski definition) is 1. The highest BCUT2D eigenvalue weighted by Gasteiger charge is 2.32. The molecule has 0 radical (unpaired) electrons. The van der Waals surface area contributed by atoms with Crippen molar-refractivity contribution in [3.8, 4) is 0 Å². The number of nitrogens with zero attached hydrogens (tertiary/aromatic N) is 2. The van der Waals surface area contributed by atoms with Gasteiger partial charge in [-0.1, -0.05) is 0 Å². The van der Waals surface area contributed by atoms with Gasteiger partial charge in [0.25, 0.3) is 11.8 Å². The number of aryl methyl sites for hydroxylation is 1. The highest BCUT2D eigenvalue weighted by atomic mass is 79.9. The zero-order valence-electron chi connectivity index (χ0n) is 15.8. The first-order valence-electron chi connectivity index (χ1n) is 9.27. The highest BCUT2D eigenvalue weighted by Crippen LogP contribution is 2.29. The van der Waals surface area contributed by atoms with Crippen LogP contribution in [0.1, 0.15) is 21.7 Å². The smallest absolute Gasteiger partial charge is 0.261 e. The van der Waals surface area contributed by atoms with Crippen molar-refractivity contribution < 1.29 is 19.1 Å². The van der Waals surface area contributed by atoms with E-state index in [9.17, 15) is 14.4 Å². The average Bonchev–Trinajstić information content (AvgIpc) is 3.28. The van der Waals surface area contributed by atoms with Crippen molar-refractivity contribution in [3.05, 3.63) is 44.6 Å². The summed E-state index contributed by atoms with van der Waals surface area (Å²) in [5.74, 6) is -0.262. The van der Waals surface area contributed by atoms with Crippen LogP contribution in [0.5, 0.6) is 0 Å². The summed E-state index contributed by atoms with van der Waals surface area (Å²) in [4.78, 5) is 41.0. The van der Waals surface area contributed by atoms with Gasteiger partial charge in [-0.25, -0.2) is 0 Å². The van der Waals surface area contributed by atoms with E-state index >= 15 is 0 Å². The third kappa shape index (κ3) is 4.22. The van der Waals surface area contributed by atoms with Crippen molar-refractivity contribution >= 4 is 56.4 Å².